The smallest absolute Gasteiger partial charge is 0.151 e. The summed E-state index contributed by atoms with van der Waals surface area (Å²) in [7, 11) is 0. The molecule has 2 nitrogen and oxygen atoms in total. The lowest BCUT2D eigenvalue weighted by molar-refractivity contribution is -0.119. The van der Waals surface area contributed by atoms with Gasteiger partial charge in [-0.05, 0) is 61.0 Å². The zero-order valence-electron chi connectivity index (χ0n) is 13.6. The van der Waals surface area contributed by atoms with Crippen LogP contribution in [-0.2, 0) is 16.6 Å². The molecule has 0 bridgehead atoms. The van der Waals surface area contributed by atoms with E-state index >= 15 is 0 Å². The van der Waals surface area contributed by atoms with Crippen molar-refractivity contribution in [3.05, 3.63) is 34.6 Å². The molecule has 1 fully saturated rings. The highest BCUT2D eigenvalue weighted by atomic mass is 19.1. The highest BCUT2D eigenvalue weighted by Crippen LogP contribution is 2.29. The van der Waals surface area contributed by atoms with Crippen LogP contribution in [0.2, 0.25) is 0 Å². The molecule has 0 radical (unpaired) electrons. The lowest BCUT2D eigenvalue weighted by Crippen LogP contribution is -2.28. The Bertz CT molecular complexity index is 502. The van der Waals surface area contributed by atoms with Gasteiger partial charge in [-0.2, -0.15) is 0 Å². The number of aryl methyl sites for hydroxylation is 1. The summed E-state index contributed by atoms with van der Waals surface area (Å²) in [5.74, 6) is -0.00863. The predicted molar refractivity (Wildman–Crippen MR) is 84.2 cm³/mol. The Morgan fingerprint density at radius 3 is 2.38 bits per heavy atom. The number of rotatable bonds is 4. The standard InChI is InChI=1S/C18H26FNO/c1-13-9-14(11-16(19)17(13)18(2,3)4)10-15(21)12-20-7-5-6-8-20/h9,11H,5-8,10,12H2,1-4H3. The minimum absolute atomic E-state index is 0.180. The molecule has 1 aromatic carbocycles. The number of carbonyl (C=O) groups is 1. The van der Waals surface area contributed by atoms with E-state index in [1.807, 2.05) is 33.8 Å². The van der Waals surface area contributed by atoms with Crippen LogP contribution < -0.4 is 0 Å². The van der Waals surface area contributed by atoms with Crippen LogP contribution in [0, 0.1) is 12.7 Å². The maximum Gasteiger partial charge on any atom is 0.151 e. The Morgan fingerprint density at radius 2 is 1.86 bits per heavy atom. The van der Waals surface area contributed by atoms with E-state index in [4.69, 9.17) is 0 Å². The second kappa shape index (κ2) is 6.27. The summed E-state index contributed by atoms with van der Waals surface area (Å²) in [6.45, 7) is 10.5. The molecule has 0 saturated carbocycles. The molecule has 1 aliphatic heterocycles. The number of hydrogen-bond donors (Lipinski definition) is 0. The molecular formula is C18H26FNO. The molecule has 0 spiro atoms. The van der Waals surface area contributed by atoms with Crippen LogP contribution in [0.3, 0.4) is 0 Å². The normalized spacial score (nSPS) is 16.4. The highest BCUT2D eigenvalue weighted by Gasteiger charge is 2.22. The zero-order chi connectivity index (χ0) is 15.6. The summed E-state index contributed by atoms with van der Waals surface area (Å²) in [6.07, 6.45) is 2.70. The molecule has 1 heterocycles. The Labute approximate surface area is 127 Å². The molecule has 1 aliphatic rings. The van der Waals surface area contributed by atoms with Crippen LogP contribution in [0.5, 0.6) is 0 Å². The van der Waals surface area contributed by atoms with Gasteiger partial charge >= 0.3 is 0 Å². The van der Waals surface area contributed by atoms with Crippen LogP contribution in [0.1, 0.15) is 50.3 Å². The molecule has 3 heteroatoms. The molecule has 0 N–H and O–H groups in total. The first kappa shape index (κ1) is 16.2. The number of carbonyl (C=O) groups excluding carboxylic acids is 1. The molecule has 21 heavy (non-hydrogen) atoms. The largest absolute Gasteiger partial charge is 0.298 e. The number of hydrogen-bond acceptors (Lipinski definition) is 2. The fourth-order valence-electron chi connectivity index (χ4n) is 3.34. The van der Waals surface area contributed by atoms with Gasteiger partial charge in [-0.3, -0.25) is 9.69 Å². The van der Waals surface area contributed by atoms with E-state index < -0.39 is 0 Å². The Kier molecular flexibility index (Phi) is 4.82. The molecule has 1 saturated heterocycles. The average Bonchev–Trinajstić information content (AvgIpc) is 2.78. The summed E-state index contributed by atoms with van der Waals surface area (Å²) in [6, 6.07) is 3.50. The number of benzene rings is 1. The van der Waals surface area contributed by atoms with E-state index in [-0.39, 0.29) is 17.0 Å². The fourth-order valence-corrected chi connectivity index (χ4v) is 3.34. The van der Waals surface area contributed by atoms with Crippen LogP contribution in [-0.4, -0.2) is 30.3 Å². The van der Waals surface area contributed by atoms with Crippen molar-refractivity contribution in [2.45, 2.75) is 52.4 Å². The summed E-state index contributed by atoms with van der Waals surface area (Å²) in [4.78, 5) is 14.3. The number of Topliss-reactive ketones (excluding diaryl/α,β-unsaturated/α-hetero) is 1. The van der Waals surface area contributed by atoms with E-state index in [9.17, 15) is 9.18 Å². The fraction of sp³-hybridized carbons (Fsp3) is 0.611. The Morgan fingerprint density at radius 1 is 1.24 bits per heavy atom. The van der Waals surface area contributed by atoms with Crippen molar-refractivity contribution in [1.82, 2.24) is 4.90 Å². The second-order valence-electron chi connectivity index (χ2n) is 7.22. The van der Waals surface area contributed by atoms with Crippen LogP contribution in [0.15, 0.2) is 12.1 Å². The zero-order valence-corrected chi connectivity index (χ0v) is 13.6. The lowest BCUT2D eigenvalue weighted by Gasteiger charge is -2.23. The molecule has 0 aromatic heterocycles. The summed E-state index contributed by atoms with van der Waals surface area (Å²) >= 11 is 0. The minimum Gasteiger partial charge on any atom is -0.298 e. The monoisotopic (exact) mass is 291 g/mol. The van der Waals surface area contributed by atoms with Crippen molar-refractivity contribution >= 4 is 5.78 Å². The molecule has 0 amide bonds. The van der Waals surface area contributed by atoms with Gasteiger partial charge in [0.25, 0.3) is 0 Å². The van der Waals surface area contributed by atoms with Crippen LogP contribution in [0.4, 0.5) is 4.39 Å². The molecule has 116 valence electrons. The van der Waals surface area contributed by atoms with Gasteiger partial charge in [-0.1, -0.05) is 26.8 Å². The van der Waals surface area contributed by atoms with E-state index in [1.165, 1.54) is 18.9 Å². The van der Waals surface area contributed by atoms with Crippen molar-refractivity contribution in [3.63, 3.8) is 0 Å². The number of ketones is 1. The maximum absolute atomic E-state index is 14.3. The SMILES string of the molecule is Cc1cc(CC(=O)CN2CCCC2)cc(F)c1C(C)(C)C. The summed E-state index contributed by atoms with van der Waals surface area (Å²) in [5.41, 5.74) is 2.26. The first-order valence-corrected chi connectivity index (χ1v) is 7.81. The third-order valence-corrected chi connectivity index (χ3v) is 4.10. The highest BCUT2D eigenvalue weighted by molar-refractivity contribution is 5.82. The Balaban J connectivity index is 2.09. The Hall–Kier alpha value is -1.22. The van der Waals surface area contributed by atoms with Gasteiger partial charge in [0, 0.05) is 6.42 Å². The summed E-state index contributed by atoms with van der Waals surface area (Å²) < 4.78 is 14.3. The number of halogens is 1. The third kappa shape index (κ3) is 4.13. The summed E-state index contributed by atoms with van der Waals surface area (Å²) in [5, 5.41) is 0. The third-order valence-electron chi connectivity index (χ3n) is 4.10. The molecule has 0 atom stereocenters. The van der Waals surface area contributed by atoms with Gasteiger partial charge in [0.05, 0.1) is 6.54 Å². The van der Waals surface area contributed by atoms with Crippen molar-refractivity contribution < 1.29 is 9.18 Å². The quantitative estimate of drug-likeness (QED) is 0.844. The molecular weight excluding hydrogens is 265 g/mol. The average molecular weight is 291 g/mol. The van der Waals surface area contributed by atoms with Crippen molar-refractivity contribution in [2.75, 3.05) is 19.6 Å². The maximum atomic E-state index is 14.3. The molecule has 1 aromatic rings. The van der Waals surface area contributed by atoms with Gasteiger partial charge in [0.15, 0.2) is 5.78 Å². The predicted octanol–water partition coefficient (Wildman–Crippen LogP) is 3.64. The second-order valence-corrected chi connectivity index (χ2v) is 7.22. The topological polar surface area (TPSA) is 20.3 Å². The van der Waals surface area contributed by atoms with Gasteiger partial charge < -0.3 is 0 Å². The van der Waals surface area contributed by atoms with E-state index in [0.29, 0.717) is 13.0 Å². The van der Waals surface area contributed by atoms with Crippen LogP contribution >= 0.6 is 0 Å². The van der Waals surface area contributed by atoms with E-state index in [1.54, 1.807) is 0 Å². The van der Waals surface area contributed by atoms with Crippen molar-refractivity contribution in [1.29, 1.82) is 0 Å². The van der Waals surface area contributed by atoms with Crippen molar-refractivity contribution in [2.24, 2.45) is 0 Å². The van der Waals surface area contributed by atoms with Gasteiger partial charge in [0.1, 0.15) is 5.82 Å². The number of likely N-dealkylation sites (tertiary alicyclic amines) is 1. The van der Waals surface area contributed by atoms with Crippen molar-refractivity contribution in [3.8, 4) is 0 Å². The number of nitrogens with zero attached hydrogens (tertiary/aromatic N) is 1. The lowest BCUT2D eigenvalue weighted by atomic mass is 9.82. The minimum atomic E-state index is -0.216. The van der Waals surface area contributed by atoms with Gasteiger partial charge in [-0.15, -0.1) is 0 Å². The van der Waals surface area contributed by atoms with Gasteiger partial charge in [0.2, 0.25) is 0 Å². The molecule has 2 rings (SSSR count). The van der Waals surface area contributed by atoms with Gasteiger partial charge in [-0.25, -0.2) is 4.39 Å². The molecule has 0 unspecified atom stereocenters. The van der Waals surface area contributed by atoms with E-state index in [0.717, 1.165) is 29.8 Å². The van der Waals surface area contributed by atoms with Crippen LogP contribution in [0.25, 0.3) is 0 Å². The van der Waals surface area contributed by atoms with E-state index in [2.05, 4.69) is 4.90 Å². The molecule has 0 aliphatic carbocycles. The first-order valence-electron chi connectivity index (χ1n) is 7.81. The first-order chi connectivity index (χ1) is 9.77.